The number of pyridine rings is 1. The van der Waals surface area contributed by atoms with Crippen molar-refractivity contribution >= 4 is 17.7 Å². The van der Waals surface area contributed by atoms with Gasteiger partial charge in [0.1, 0.15) is 0 Å². The van der Waals surface area contributed by atoms with E-state index >= 15 is 0 Å². The molecule has 0 aromatic carbocycles. The topological polar surface area (TPSA) is 80.5 Å². The standard InChI is InChI=1S/C21H28N4O2/c22-21(26)18-12-23-19-3-1-2-17(19)20(18)24-13-10-15-4-5-16(11-13)25(15)14-6-8-27-9-7-14/h1-2,12-16H,3-11H2,(H2,22,26)(H,23,24)/t13?,15-,16+. The van der Waals surface area contributed by atoms with E-state index in [1.807, 2.05) is 0 Å². The fourth-order valence-electron chi connectivity index (χ4n) is 5.65. The summed E-state index contributed by atoms with van der Waals surface area (Å²) in [4.78, 5) is 19.2. The second-order valence-corrected chi connectivity index (χ2v) is 8.37. The number of carbonyl (C=O) groups excluding carboxylic acids is 1. The van der Waals surface area contributed by atoms with Gasteiger partial charge in [-0.05, 0) is 38.5 Å². The van der Waals surface area contributed by atoms with Crippen molar-refractivity contribution in [1.29, 1.82) is 0 Å². The molecule has 1 aromatic rings. The summed E-state index contributed by atoms with van der Waals surface area (Å²) in [6.45, 7) is 1.81. The van der Waals surface area contributed by atoms with Crippen LogP contribution in [-0.4, -0.2) is 53.2 Å². The summed E-state index contributed by atoms with van der Waals surface area (Å²) in [7, 11) is 0. The highest BCUT2D eigenvalue weighted by Crippen LogP contribution is 2.41. The van der Waals surface area contributed by atoms with Crippen molar-refractivity contribution in [2.24, 2.45) is 5.73 Å². The molecule has 1 unspecified atom stereocenters. The van der Waals surface area contributed by atoms with Crippen LogP contribution in [0.2, 0.25) is 0 Å². The molecule has 0 saturated carbocycles. The lowest BCUT2D eigenvalue weighted by molar-refractivity contribution is -0.00118. The predicted molar refractivity (Wildman–Crippen MR) is 105 cm³/mol. The van der Waals surface area contributed by atoms with Gasteiger partial charge < -0.3 is 15.8 Å². The quantitative estimate of drug-likeness (QED) is 0.853. The number of ether oxygens (including phenoxy) is 1. The van der Waals surface area contributed by atoms with E-state index in [0.29, 0.717) is 29.7 Å². The first kappa shape index (κ1) is 17.2. The Kier molecular flexibility index (Phi) is 4.40. The maximum absolute atomic E-state index is 12.0. The third-order valence-corrected chi connectivity index (χ3v) is 6.81. The van der Waals surface area contributed by atoms with Gasteiger partial charge in [0.25, 0.3) is 5.91 Å². The number of hydrogen-bond donors (Lipinski definition) is 2. The first-order chi connectivity index (χ1) is 13.2. The van der Waals surface area contributed by atoms with Gasteiger partial charge in [-0.1, -0.05) is 12.2 Å². The highest BCUT2D eigenvalue weighted by Gasteiger charge is 2.44. The van der Waals surface area contributed by atoms with Crippen LogP contribution in [0.3, 0.4) is 0 Å². The van der Waals surface area contributed by atoms with Gasteiger partial charge in [-0.25, -0.2) is 0 Å². The molecule has 6 nitrogen and oxygen atoms in total. The minimum atomic E-state index is -0.407. The van der Waals surface area contributed by atoms with Crippen LogP contribution in [0.25, 0.3) is 6.08 Å². The molecular weight excluding hydrogens is 340 g/mol. The zero-order chi connectivity index (χ0) is 18.4. The van der Waals surface area contributed by atoms with Crippen molar-refractivity contribution in [2.45, 2.75) is 69.1 Å². The van der Waals surface area contributed by atoms with E-state index in [0.717, 1.165) is 49.4 Å². The molecule has 3 atom stereocenters. The van der Waals surface area contributed by atoms with Crippen molar-refractivity contribution in [2.75, 3.05) is 18.5 Å². The van der Waals surface area contributed by atoms with Crippen LogP contribution >= 0.6 is 0 Å². The lowest BCUT2D eigenvalue weighted by atomic mass is 9.92. The highest BCUT2D eigenvalue weighted by atomic mass is 16.5. The Hall–Kier alpha value is -1.92. The molecule has 3 fully saturated rings. The summed E-state index contributed by atoms with van der Waals surface area (Å²) in [6, 6.07) is 2.36. The van der Waals surface area contributed by atoms with E-state index < -0.39 is 5.91 Å². The van der Waals surface area contributed by atoms with E-state index in [1.165, 1.54) is 25.7 Å². The summed E-state index contributed by atoms with van der Waals surface area (Å²) >= 11 is 0. The van der Waals surface area contributed by atoms with Gasteiger partial charge in [-0.2, -0.15) is 0 Å². The maximum Gasteiger partial charge on any atom is 0.252 e. The predicted octanol–water partition coefficient (Wildman–Crippen LogP) is 2.34. The third kappa shape index (κ3) is 3.05. The van der Waals surface area contributed by atoms with E-state index in [2.05, 4.69) is 27.4 Å². The van der Waals surface area contributed by atoms with Gasteiger partial charge in [0.15, 0.2) is 0 Å². The largest absolute Gasteiger partial charge is 0.381 e. The second-order valence-electron chi connectivity index (χ2n) is 8.37. The molecule has 1 aromatic heterocycles. The molecule has 3 saturated heterocycles. The first-order valence-corrected chi connectivity index (χ1v) is 10.3. The number of nitrogens with zero attached hydrogens (tertiary/aromatic N) is 2. The van der Waals surface area contributed by atoms with E-state index in [4.69, 9.17) is 10.5 Å². The van der Waals surface area contributed by atoms with Crippen LogP contribution in [0.1, 0.15) is 60.1 Å². The lowest BCUT2D eigenvalue weighted by Crippen LogP contribution is -2.53. The van der Waals surface area contributed by atoms with E-state index in [1.54, 1.807) is 6.20 Å². The van der Waals surface area contributed by atoms with Crippen LogP contribution < -0.4 is 11.1 Å². The van der Waals surface area contributed by atoms with Crippen LogP contribution in [-0.2, 0) is 11.2 Å². The Morgan fingerprint density at radius 1 is 1.15 bits per heavy atom. The number of carbonyl (C=O) groups is 1. The van der Waals surface area contributed by atoms with Crippen LogP contribution in [0.4, 0.5) is 5.69 Å². The minimum Gasteiger partial charge on any atom is -0.381 e. The number of amides is 1. The average molecular weight is 368 g/mol. The zero-order valence-corrected chi connectivity index (χ0v) is 15.7. The number of nitrogens with two attached hydrogens (primary N) is 1. The molecule has 6 heteroatoms. The molecule has 4 aliphatic rings. The molecule has 0 spiro atoms. The van der Waals surface area contributed by atoms with Gasteiger partial charge in [-0.3, -0.25) is 14.7 Å². The summed E-state index contributed by atoms with van der Waals surface area (Å²) in [6.07, 6.45) is 13.8. The highest BCUT2D eigenvalue weighted by molar-refractivity contribution is 6.00. The van der Waals surface area contributed by atoms with Gasteiger partial charge in [-0.15, -0.1) is 0 Å². The number of fused-ring (bicyclic) bond motifs is 3. The molecule has 5 rings (SSSR count). The number of nitrogens with one attached hydrogen (secondary N) is 1. The molecule has 1 aliphatic carbocycles. The molecule has 2 bridgehead atoms. The van der Waals surface area contributed by atoms with Gasteiger partial charge in [0.05, 0.1) is 16.9 Å². The summed E-state index contributed by atoms with van der Waals surface area (Å²) in [5.41, 5.74) is 9.12. The average Bonchev–Trinajstić information content (AvgIpc) is 3.25. The fraction of sp³-hybridized carbons (Fsp3) is 0.619. The number of piperidine rings is 1. The number of anilines is 1. The molecule has 1 amide bonds. The number of allylic oxidation sites excluding steroid dienone is 1. The Morgan fingerprint density at radius 3 is 2.59 bits per heavy atom. The SMILES string of the molecule is NC(=O)c1cnc2c(c1NC1C[C@H]3CC[C@@H](C1)N3C1CCOCC1)C=CC2. The van der Waals surface area contributed by atoms with Gasteiger partial charge in [0.2, 0.25) is 0 Å². The smallest absolute Gasteiger partial charge is 0.252 e. The normalized spacial score (nSPS) is 30.4. The Bertz CT molecular complexity index is 758. The van der Waals surface area contributed by atoms with Crippen molar-refractivity contribution in [3.63, 3.8) is 0 Å². The molecule has 0 radical (unpaired) electrons. The fourth-order valence-corrected chi connectivity index (χ4v) is 5.65. The second kappa shape index (κ2) is 6.91. The van der Waals surface area contributed by atoms with E-state index in [9.17, 15) is 4.79 Å². The zero-order valence-electron chi connectivity index (χ0n) is 15.7. The van der Waals surface area contributed by atoms with Gasteiger partial charge >= 0.3 is 0 Å². The van der Waals surface area contributed by atoms with Gasteiger partial charge in [0, 0.05) is 55.6 Å². The molecule has 3 N–H and O–H groups in total. The summed E-state index contributed by atoms with van der Waals surface area (Å²) in [5.74, 6) is -0.407. The Morgan fingerprint density at radius 2 is 1.89 bits per heavy atom. The number of hydrogen-bond acceptors (Lipinski definition) is 5. The molecule has 4 heterocycles. The summed E-state index contributed by atoms with van der Waals surface area (Å²) in [5, 5.41) is 3.71. The number of primary amides is 1. The number of aromatic nitrogens is 1. The Balaban J connectivity index is 1.36. The monoisotopic (exact) mass is 368 g/mol. The summed E-state index contributed by atoms with van der Waals surface area (Å²) < 4.78 is 5.56. The number of rotatable bonds is 4. The van der Waals surface area contributed by atoms with Crippen molar-refractivity contribution in [1.82, 2.24) is 9.88 Å². The van der Waals surface area contributed by atoms with E-state index in [-0.39, 0.29) is 0 Å². The molecular formula is C21H28N4O2. The maximum atomic E-state index is 12.0. The lowest BCUT2D eigenvalue weighted by Gasteiger charge is -2.45. The third-order valence-electron chi connectivity index (χ3n) is 6.81. The molecule has 144 valence electrons. The van der Waals surface area contributed by atoms with Crippen molar-refractivity contribution in [3.05, 3.63) is 29.1 Å². The first-order valence-electron chi connectivity index (χ1n) is 10.3. The van der Waals surface area contributed by atoms with Crippen LogP contribution in [0.5, 0.6) is 0 Å². The van der Waals surface area contributed by atoms with Crippen molar-refractivity contribution < 1.29 is 9.53 Å². The molecule has 3 aliphatic heterocycles. The minimum absolute atomic E-state index is 0.386. The Labute approximate surface area is 160 Å². The van der Waals surface area contributed by atoms with Crippen LogP contribution in [0, 0.1) is 0 Å². The molecule has 27 heavy (non-hydrogen) atoms. The van der Waals surface area contributed by atoms with Crippen molar-refractivity contribution in [3.8, 4) is 0 Å². The van der Waals surface area contributed by atoms with Crippen LogP contribution in [0.15, 0.2) is 12.3 Å².